The van der Waals surface area contributed by atoms with E-state index in [1.54, 1.807) is 6.92 Å². The molecule has 0 fully saturated rings. The van der Waals surface area contributed by atoms with Gasteiger partial charge >= 0.3 is 0 Å². The Kier molecular flexibility index (Phi) is 4.62. The molecule has 0 saturated heterocycles. The van der Waals surface area contributed by atoms with Crippen LogP contribution in [0, 0.1) is 12.8 Å². The Hall–Kier alpha value is -3.16. The molecule has 28 heavy (non-hydrogen) atoms. The highest BCUT2D eigenvalue weighted by Gasteiger charge is 2.36. The molecule has 1 aliphatic heterocycles. The van der Waals surface area contributed by atoms with E-state index in [9.17, 15) is 9.59 Å². The number of nitrogens with zero attached hydrogens (tertiary/aromatic N) is 4. The number of nitrogens with one attached hydrogen (secondary N) is 2. The molecule has 0 radical (unpaired) electrons. The van der Waals surface area contributed by atoms with Crippen LogP contribution in [0.2, 0.25) is 0 Å². The van der Waals surface area contributed by atoms with Crippen LogP contribution < -0.4 is 5.56 Å². The molecule has 0 unspecified atom stereocenters. The van der Waals surface area contributed by atoms with Gasteiger partial charge in [0.25, 0.3) is 5.56 Å². The lowest BCUT2D eigenvalue weighted by Crippen LogP contribution is -2.45. The van der Waals surface area contributed by atoms with E-state index in [1.165, 1.54) is 0 Å². The number of rotatable bonds is 4. The maximum Gasteiger partial charge on any atom is 0.267 e. The minimum Gasteiger partial charge on any atom is -0.330 e. The molecule has 1 amide bonds. The lowest BCUT2D eigenvalue weighted by atomic mass is 9.99. The maximum absolute atomic E-state index is 13.1. The molecule has 2 aromatic heterocycles. The molecule has 0 saturated carbocycles. The third kappa shape index (κ3) is 3.15. The summed E-state index contributed by atoms with van der Waals surface area (Å²) in [5.74, 6) is 1.57. The van der Waals surface area contributed by atoms with Gasteiger partial charge < -0.3 is 10.00 Å². The molecule has 1 aliphatic rings. The van der Waals surface area contributed by atoms with E-state index >= 15 is 0 Å². The van der Waals surface area contributed by atoms with Gasteiger partial charge in [0.2, 0.25) is 5.91 Å². The molecule has 3 aromatic rings. The second-order valence-corrected chi connectivity index (χ2v) is 7.52. The van der Waals surface area contributed by atoms with E-state index in [4.69, 9.17) is 4.98 Å². The summed E-state index contributed by atoms with van der Waals surface area (Å²) < 4.78 is 1.91. The number of aromatic nitrogens is 5. The number of aromatic amines is 2. The highest BCUT2D eigenvalue weighted by Crippen LogP contribution is 2.32. The first-order valence-electron chi connectivity index (χ1n) is 9.51. The fourth-order valence-electron chi connectivity index (χ4n) is 3.80. The molecule has 2 N–H and O–H groups in total. The normalized spacial score (nSPS) is 16.4. The Morgan fingerprint density at radius 3 is 2.61 bits per heavy atom. The van der Waals surface area contributed by atoms with Gasteiger partial charge in [-0.05, 0) is 12.8 Å². The van der Waals surface area contributed by atoms with E-state index < -0.39 is 0 Å². The van der Waals surface area contributed by atoms with Crippen LogP contribution in [0.5, 0.6) is 0 Å². The minimum absolute atomic E-state index is 0.0672. The Labute approximate surface area is 162 Å². The van der Waals surface area contributed by atoms with Gasteiger partial charge in [0.1, 0.15) is 0 Å². The topological polar surface area (TPSA) is 99.7 Å². The first kappa shape index (κ1) is 18.2. The van der Waals surface area contributed by atoms with Gasteiger partial charge in [-0.1, -0.05) is 44.2 Å². The van der Waals surface area contributed by atoms with Crippen molar-refractivity contribution in [1.29, 1.82) is 0 Å². The fourth-order valence-corrected chi connectivity index (χ4v) is 3.80. The molecule has 0 spiro atoms. The molecule has 1 aromatic carbocycles. The summed E-state index contributed by atoms with van der Waals surface area (Å²) >= 11 is 0. The van der Waals surface area contributed by atoms with Gasteiger partial charge in [0.15, 0.2) is 11.6 Å². The van der Waals surface area contributed by atoms with Gasteiger partial charge in [0, 0.05) is 23.4 Å². The van der Waals surface area contributed by atoms with E-state index in [0.29, 0.717) is 30.2 Å². The molecule has 8 nitrogen and oxygen atoms in total. The predicted octanol–water partition coefficient (Wildman–Crippen LogP) is 2.05. The number of aryl methyl sites for hydroxylation is 1. The van der Waals surface area contributed by atoms with Crippen molar-refractivity contribution in [3.05, 3.63) is 57.8 Å². The second kappa shape index (κ2) is 7.10. The Bertz CT molecular complexity index is 1050. The van der Waals surface area contributed by atoms with Crippen molar-refractivity contribution in [3.8, 4) is 11.4 Å². The first-order valence-corrected chi connectivity index (χ1v) is 9.51. The molecular weight excluding hydrogens is 356 g/mol. The summed E-state index contributed by atoms with van der Waals surface area (Å²) in [5, 5.41) is 9.98. The maximum atomic E-state index is 13.1. The van der Waals surface area contributed by atoms with E-state index in [1.807, 2.05) is 39.9 Å². The average molecular weight is 380 g/mol. The van der Waals surface area contributed by atoms with Crippen LogP contribution in [0.25, 0.3) is 11.4 Å². The quantitative estimate of drug-likeness (QED) is 0.723. The van der Waals surface area contributed by atoms with Crippen molar-refractivity contribution < 1.29 is 4.79 Å². The fraction of sp³-hybridized carbons (Fsp3) is 0.400. The van der Waals surface area contributed by atoms with Gasteiger partial charge in [-0.2, -0.15) is 5.10 Å². The van der Waals surface area contributed by atoms with Crippen molar-refractivity contribution >= 4 is 5.91 Å². The molecule has 0 aliphatic carbocycles. The van der Waals surface area contributed by atoms with Crippen molar-refractivity contribution in [2.75, 3.05) is 6.54 Å². The van der Waals surface area contributed by atoms with Gasteiger partial charge in [-0.25, -0.2) is 9.67 Å². The van der Waals surface area contributed by atoms with Crippen LogP contribution in [0.15, 0.2) is 35.1 Å². The second-order valence-electron chi connectivity index (χ2n) is 7.52. The van der Waals surface area contributed by atoms with E-state index in [-0.39, 0.29) is 29.8 Å². The van der Waals surface area contributed by atoms with Crippen LogP contribution in [-0.2, 0) is 17.8 Å². The lowest BCUT2D eigenvalue weighted by Gasteiger charge is -2.37. The zero-order chi connectivity index (χ0) is 19.8. The van der Waals surface area contributed by atoms with Gasteiger partial charge in [-0.15, -0.1) is 0 Å². The molecule has 3 heterocycles. The third-order valence-electron chi connectivity index (χ3n) is 5.26. The van der Waals surface area contributed by atoms with Gasteiger partial charge in [-0.3, -0.25) is 14.7 Å². The number of H-pyrrole nitrogens is 2. The highest BCUT2D eigenvalue weighted by molar-refractivity contribution is 5.79. The molecule has 146 valence electrons. The number of carbonyl (C=O) groups excluding carboxylic acids is 1. The smallest absolute Gasteiger partial charge is 0.267 e. The number of amides is 1. The van der Waals surface area contributed by atoms with Crippen molar-refractivity contribution in [2.45, 2.75) is 39.8 Å². The lowest BCUT2D eigenvalue weighted by molar-refractivity contribution is -0.135. The van der Waals surface area contributed by atoms with Crippen LogP contribution >= 0.6 is 0 Å². The van der Waals surface area contributed by atoms with Crippen LogP contribution in [0.4, 0.5) is 0 Å². The summed E-state index contributed by atoms with van der Waals surface area (Å²) in [6.07, 6.45) is 0.0770. The minimum atomic E-state index is -0.238. The van der Waals surface area contributed by atoms with Gasteiger partial charge in [0.05, 0.1) is 19.0 Å². The standard InChI is InChI=1S/C20H24N6O2/c1-12(2)17-19-21-18(14-7-5-4-6-8-14)24-26(19)10-9-25(17)16(27)11-15-13(3)22-23-20(15)28/h4-8,12,17H,9-11H2,1-3H3,(H2,22,23,28)/t17-/m0/s1. The summed E-state index contributed by atoms with van der Waals surface area (Å²) in [6.45, 7) is 7.08. The Morgan fingerprint density at radius 1 is 1.21 bits per heavy atom. The summed E-state index contributed by atoms with van der Waals surface area (Å²) in [4.78, 5) is 31.6. The monoisotopic (exact) mass is 380 g/mol. The largest absolute Gasteiger partial charge is 0.330 e. The van der Waals surface area contributed by atoms with Crippen molar-refractivity contribution in [2.24, 2.45) is 5.92 Å². The number of benzene rings is 1. The van der Waals surface area contributed by atoms with Crippen molar-refractivity contribution in [1.82, 2.24) is 29.9 Å². The Balaban J connectivity index is 1.65. The average Bonchev–Trinajstić information content (AvgIpc) is 3.26. The van der Waals surface area contributed by atoms with Crippen LogP contribution in [-0.4, -0.2) is 42.3 Å². The zero-order valence-electron chi connectivity index (χ0n) is 16.3. The number of carbonyl (C=O) groups is 1. The SMILES string of the molecule is Cc1[nH][nH]c(=O)c1CC(=O)N1CCn2nc(-c3ccccc3)nc2[C@@H]1C(C)C. The predicted molar refractivity (Wildman–Crippen MR) is 105 cm³/mol. The zero-order valence-corrected chi connectivity index (χ0v) is 16.3. The molecule has 1 atom stereocenters. The van der Waals surface area contributed by atoms with Crippen molar-refractivity contribution in [3.63, 3.8) is 0 Å². The number of hydrogen-bond donors (Lipinski definition) is 2. The first-order chi connectivity index (χ1) is 13.5. The highest BCUT2D eigenvalue weighted by atomic mass is 16.2. The molecule has 0 bridgehead atoms. The number of hydrogen-bond acceptors (Lipinski definition) is 4. The number of fused-ring (bicyclic) bond motifs is 1. The molecule has 4 rings (SSSR count). The summed E-state index contributed by atoms with van der Waals surface area (Å²) in [6, 6.07) is 9.67. The molecular formula is C20H24N6O2. The third-order valence-corrected chi connectivity index (χ3v) is 5.26. The summed E-state index contributed by atoms with van der Waals surface area (Å²) in [5.41, 5.74) is 1.91. The van der Waals surface area contributed by atoms with Crippen LogP contribution in [0.1, 0.15) is 37.0 Å². The Morgan fingerprint density at radius 2 is 1.96 bits per heavy atom. The van der Waals surface area contributed by atoms with E-state index in [2.05, 4.69) is 29.1 Å². The van der Waals surface area contributed by atoms with Crippen LogP contribution in [0.3, 0.4) is 0 Å². The van der Waals surface area contributed by atoms with E-state index in [0.717, 1.165) is 11.4 Å². The summed E-state index contributed by atoms with van der Waals surface area (Å²) in [7, 11) is 0. The molecule has 8 heteroatoms.